The van der Waals surface area contributed by atoms with E-state index in [1.165, 1.54) is 10.7 Å². The molecule has 1 aromatic carbocycles. The molecule has 0 radical (unpaired) electrons. The molecule has 20 heavy (non-hydrogen) atoms. The molecule has 0 amide bonds. The summed E-state index contributed by atoms with van der Waals surface area (Å²) < 4.78 is 7.79. The number of rotatable bonds is 3. The summed E-state index contributed by atoms with van der Waals surface area (Å²) >= 11 is 3.43. The normalized spacial score (nSPS) is 10.7. The van der Waals surface area contributed by atoms with Gasteiger partial charge in [-0.05, 0) is 30.3 Å². The number of carbonyl (C=O) groups excluding carboxylic acids is 1. The minimum Gasteiger partial charge on any atom is -0.496 e. The first-order chi connectivity index (χ1) is 9.72. The fraction of sp³-hybridized carbons (Fsp3) is 0.0714. The van der Waals surface area contributed by atoms with Crippen molar-refractivity contribution in [2.45, 2.75) is 0 Å². The van der Waals surface area contributed by atoms with Crippen molar-refractivity contribution >= 4 is 27.9 Å². The van der Waals surface area contributed by atoms with Crippen LogP contribution in [0.4, 0.5) is 0 Å². The SMILES string of the molecule is COc1ccc(Br)cc1-c1ccc2ncc(C=O)n2n1. The van der Waals surface area contributed by atoms with Gasteiger partial charge in [0.25, 0.3) is 0 Å². The zero-order valence-corrected chi connectivity index (χ0v) is 12.2. The van der Waals surface area contributed by atoms with Crippen molar-refractivity contribution in [2.24, 2.45) is 0 Å². The van der Waals surface area contributed by atoms with Crippen molar-refractivity contribution in [3.8, 4) is 17.0 Å². The highest BCUT2D eigenvalue weighted by molar-refractivity contribution is 9.10. The summed E-state index contributed by atoms with van der Waals surface area (Å²) in [5.41, 5.74) is 2.59. The molecule has 0 bridgehead atoms. The highest BCUT2D eigenvalue weighted by Gasteiger charge is 2.11. The van der Waals surface area contributed by atoms with Crippen LogP contribution in [0.5, 0.6) is 5.75 Å². The van der Waals surface area contributed by atoms with Gasteiger partial charge >= 0.3 is 0 Å². The second-order valence-corrected chi connectivity index (χ2v) is 5.05. The number of hydrogen-bond acceptors (Lipinski definition) is 4. The van der Waals surface area contributed by atoms with E-state index in [4.69, 9.17) is 4.74 Å². The zero-order chi connectivity index (χ0) is 14.1. The van der Waals surface area contributed by atoms with Crippen LogP contribution in [0.2, 0.25) is 0 Å². The van der Waals surface area contributed by atoms with Gasteiger partial charge < -0.3 is 4.74 Å². The molecule has 0 aliphatic heterocycles. The predicted molar refractivity (Wildman–Crippen MR) is 78.1 cm³/mol. The lowest BCUT2D eigenvalue weighted by atomic mass is 10.1. The molecule has 2 aromatic heterocycles. The molecule has 100 valence electrons. The average molecular weight is 332 g/mol. The molecule has 6 heteroatoms. The van der Waals surface area contributed by atoms with Crippen LogP contribution in [0.1, 0.15) is 10.5 Å². The number of halogens is 1. The Morgan fingerprint density at radius 2 is 2.15 bits per heavy atom. The number of methoxy groups -OCH3 is 1. The monoisotopic (exact) mass is 331 g/mol. The second-order valence-electron chi connectivity index (χ2n) is 4.13. The van der Waals surface area contributed by atoms with Crippen molar-refractivity contribution in [2.75, 3.05) is 7.11 Å². The molecule has 2 heterocycles. The lowest BCUT2D eigenvalue weighted by Gasteiger charge is -2.08. The quantitative estimate of drug-likeness (QED) is 0.692. The van der Waals surface area contributed by atoms with Gasteiger partial charge in [0.05, 0.1) is 19.0 Å². The van der Waals surface area contributed by atoms with Gasteiger partial charge in [0.15, 0.2) is 11.9 Å². The molecular formula is C14H10BrN3O2. The van der Waals surface area contributed by atoms with E-state index in [1.807, 2.05) is 30.3 Å². The summed E-state index contributed by atoms with van der Waals surface area (Å²) in [5, 5.41) is 4.45. The van der Waals surface area contributed by atoms with Crippen LogP contribution < -0.4 is 4.74 Å². The van der Waals surface area contributed by atoms with Crippen molar-refractivity contribution in [3.63, 3.8) is 0 Å². The molecular weight excluding hydrogens is 322 g/mol. The Hall–Kier alpha value is -2.21. The van der Waals surface area contributed by atoms with E-state index in [-0.39, 0.29) is 0 Å². The number of carbonyl (C=O) groups is 1. The fourth-order valence-electron chi connectivity index (χ4n) is 2.00. The van der Waals surface area contributed by atoms with Crippen LogP contribution >= 0.6 is 15.9 Å². The minimum atomic E-state index is 0.413. The van der Waals surface area contributed by atoms with Gasteiger partial charge in [0, 0.05) is 10.0 Å². The fourth-order valence-corrected chi connectivity index (χ4v) is 2.36. The van der Waals surface area contributed by atoms with Gasteiger partial charge in [-0.3, -0.25) is 4.79 Å². The Labute approximate surface area is 123 Å². The molecule has 0 aliphatic rings. The lowest BCUT2D eigenvalue weighted by Crippen LogP contribution is -1.99. The zero-order valence-electron chi connectivity index (χ0n) is 10.6. The summed E-state index contributed by atoms with van der Waals surface area (Å²) in [5.74, 6) is 0.716. The van der Waals surface area contributed by atoms with E-state index in [9.17, 15) is 4.79 Å². The topological polar surface area (TPSA) is 56.5 Å². The van der Waals surface area contributed by atoms with Crippen LogP contribution in [0, 0.1) is 0 Å². The van der Waals surface area contributed by atoms with Crippen molar-refractivity contribution in [1.29, 1.82) is 0 Å². The molecule has 0 N–H and O–H groups in total. The number of imidazole rings is 1. The summed E-state index contributed by atoms with van der Waals surface area (Å²) in [4.78, 5) is 15.1. The van der Waals surface area contributed by atoms with Crippen LogP contribution in [0.25, 0.3) is 16.9 Å². The van der Waals surface area contributed by atoms with Crippen LogP contribution in [0.15, 0.2) is 41.0 Å². The molecule has 0 fully saturated rings. The predicted octanol–water partition coefficient (Wildman–Crippen LogP) is 2.98. The molecule has 3 rings (SSSR count). The van der Waals surface area contributed by atoms with Gasteiger partial charge in [-0.2, -0.15) is 5.10 Å². The summed E-state index contributed by atoms with van der Waals surface area (Å²) in [6.07, 6.45) is 2.23. The number of nitrogens with zero attached hydrogens (tertiary/aromatic N) is 3. The molecule has 0 saturated carbocycles. The number of aromatic nitrogens is 3. The van der Waals surface area contributed by atoms with Gasteiger partial charge in [0.1, 0.15) is 11.4 Å². The maximum Gasteiger partial charge on any atom is 0.170 e. The second kappa shape index (κ2) is 5.05. The Morgan fingerprint density at radius 1 is 1.30 bits per heavy atom. The van der Waals surface area contributed by atoms with Gasteiger partial charge in [-0.1, -0.05) is 15.9 Å². The van der Waals surface area contributed by atoms with Gasteiger partial charge in [-0.15, -0.1) is 0 Å². The Bertz CT molecular complexity index is 798. The van der Waals surface area contributed by atoms with Crippen LogP contribution in [-0.2, 0) is 0 Å². The first kappa shape index (κ1) is 12.8. The largest absolute Gasteiger partial charge is 0.496 e. The smallest absolute Gasteiger partial charge is 0.170 e. The third kappa shape index (κ3) is 2.08. The van der Waals surface area contributed by atoms with Gasteiger partial charge in [-0.25, -0.2) is 9.50 Å². The molecule has 0 saturated heterocycles. The van der Waals surface area contributed by atoms with Crippen LogP contribution in [-0.4, -0.2) is 28.0 Å². The number of aldehydes is 1. The highest BCUT2D eigenvalue weighted by atomic mass is 79.9. The van der Waals surface area contributed by atoms with Crippen LogP contribution in [0.3, 0.4) is 0 Å². The highest BCUT2D eigenvalue weighted by Crippen LogP contribution is 2.31. The molecule has 0 unspecified atom stereocenters. The number of hydrogen-bond donors (Lipinski definition) is 0. The van der Waals surface area contributed by atoms with E-state index in [0.717, 1.165) is 16.3 Å². The van der Waals surface area contributed by atoms with Gasteiger partial charge in [0.2, 0.25) is 0 Å². The maximum absolute atomic E-state index is 11.0. The molecule has 3 aromatic rings. The Balaban J connectivity index is 2.23. The summed E-state index contributed by atoms with van der Waals surface area (Å²) in [7, 11) is 1.61. The molecule has 0 aliphatic carbocycles. The van der Waals surface area contributed by atoms with E-state index in [1.54, 1.807) is 7.11 Å². The Kier molecular flexibility index (Phi) is 3.23. The Morgan fingerprint density at radius 3 is 2.90 bits per heavy atom. The molecule has 5 nitrogen and oxygen atoms in total. The standard InChI is InChI=1S/C14H10BrN3O2/c1-20-13-4-2-9(15)6-11(13)12-3-5-14-16-7-10(8-19)18(14)17-12/h2-8H,1H3. The van der Waals surface area contributed by atoms with Crippen molar-refractivity contribution in [1.82, 2.24) is 14.6 Å². The van der Waals surface area contributed by atoms with E-state index >= 15 is 0 Å². The maximum atomic E-state index is 11.0. The minimum absolute atomic E-state index is 0.413. The van der Waals surface area contributed by atoms with E-state index in [0.29, 0.717) is 22.8 Å². The first-order valence-corrected chi connectivity index (χ1v) is 6.66. The molecule has 0 spiro atoms. The summed E-state index contributed by atoms with van der Waals surface area (Å²) in [6, 6.07) is 9.34. The van der Waals surface area contributed by atoms with E-state index in [2.05, 4.69) is 26.0 Å². The third-order valence-corrected chi connectivity index (χ3v) is 3.44. The summed E-state index contributed by atoms with van der Waals surface area (Å²) in [6.45, 7) is 0. The van der Waals surface area contributed by atoms with Crippen molar-refractivity contribution in [3.05, 3.63) is 46.7 Å². The number of ether oxygens (including phenoxy) is 1. The third-order valence-electron chi connectivity index (χ3n) is 2.95. The first-order valence-electron chi connectivity index (χ1n) is 5.87. The van der Waals surface area contributed by atoms with Crippen molar-refractivity contribution < 1.29 is 9.53 Å². The number of fused-ring (bicyclic) bond motifs is 1. The number of benzene rings is 1. The lowest BCUT2D eigenvalue weighted by molar-refractivity contribution is 0.111. The van der Waals surface area contributed by atoms with E-state index < -0.39 is 0 Å². The molecule has 0 atom stereocenters. The average Bonchev–Trinajstić information content (AvgIpc) is 2.89.